The molecule has 1 saturated heterocycles. The van der Waals surface area contributed by atoms with Crippen molar-refractivity contribution in [3.63, 3.8) is 0 Å². The van der Waals surface area contributed by atoms with Crippen LogP contribution in [0.25, 0.3) is 0 Å². The number of rotatable bonds is 6. The van der Waals surface area contributed by atoms with Gasteiger partial charge in [0.2, 0.25) is 5.91 Å². The van der Waals surface area contributed by atoms with E-state index in [0.29, 0.717) is 11.3 Å². The molecule has 1 saturated carbocycles. The van der Waals surface area contributed by atoms with Gasteiger partial charge in [-0.15, -0.1) is 0 Å². The summed E-state index contributed by atoms with van der Waals surface area (Å²) in [5.41, 5.74) is 1.68. The third kappa shape index (κ3) is 6.77. The number of ether oxygens (including phenoxy) is 1. The molecule has 2 aromatic rings. The maximum absolute atomic E-state index is 14.4. The maximum atomic E-state index is 14.4. The number of nitriles is 1. The van der Waals surface area contributed by atoms with Crippen LogP contribution in [-0.4, -0.2) is 52.5 Å². The van der Waals surface area contributed by atoms with Crippen molar-refractivity contribution in [1.82, 2.24) is 15.2 Å². The van der Waals surface area contributed by atoms with Gasteiger partial charge in [-0.05, 0) is 55.9 Å². The van der Waals surface area contributed by atoms with Crippen molar-refractivity contribution >= 4 is 17.5 Å². The largest absolute Gasteiger partial charge is 0.371 e. The SMILES string of the molecule is CC1(C)CN(C#N)[C@@H](C(=O)N(c2ccc(C(C)(C)C)cc2)[C@@H](C(=O)NC2CCCCC2)c2cccnc2)CO1. The van der Waals surface area contributed by atoms with Gasteiger partial charge in [0.25, 0.3) is 5.91 Å². The molecule has 2 atom stereocenters. The zero-order chi connectivity index (χ0) is 28.2. The van der Waals surface area contributed by atoms with Gasteiger partial charge in [0.05, 0.1) is 18.8 Å². The molecule has 1 aromatic heterocycles. The molecule has 0 unspecified atom stereocenters. The highest BCUT2D eigenvalue weighted by Crippen LogP contribution is 2.33. The van der Waals surface area contributed by atoms with Crippen molar-refractivity contribution in [2.75, 3.05) is 18.1 Å². The smallest absolute Gasteiger partial charge is 0.253 e. The molecule has 208 valence electrons. The minimum absolute atomic E-state index is 0.0555. The first-order valence-corrected chi connectivity index (χ1v) is 13.9. The van der Waals surface area contributed by atoms with Gasteiger partial charge < -0.3 is 10.1 Å². The van der Waals surface area contributed by atoms with Gasteiger partial charge in [-0.2, -0.15) is 5.26 Å². The molecule has 8 heteroatoms. The van der Waals surface area contributed by atoms with Crippen LogP contribution in [-0.2, 0) is 19.7 Å². The lowest BCUT2D eigenvalue weighted by molar-refractivity contribution is -0.141. The summed E-state index contributed by atoms with van der Waals surface area (Å²) in [4.78, 5) is 35.8. The number of morpholine rings is 1. The molecule has 0 bridgehead atoms. The van der Waals surface area contributed by atoms with E-state index in [1.165, 1.54) is 16.2 Å². The standard InChI is InChI=1S/C31H41N5O3/c1-30(2,3)23-13-15-25(16-14-23)36(29(38)26-19-39-31(4,5)20-35(26)21-32)27(22-10-9-17-33-18-22)28(37)34-24-11-7-6-8-12-24/h9-10,13-18,24,26-27H,6-8,11-12,19-20H2,1-5H3,(H,34,37)/t26-,27-/m1/s1. The molecule has 39 heavy (non-hydrogen) atoms. The Labute approximate surface area is 232 Å². The van der Waals surface area contributed by atoms with Crippen LogP contribution < -0.4 is 10.2 Å². The normalized spacial score (nSPS) is 20.5. The van der Waals surface area contributed by atoms with E-state index in [0.717, 1.165) is 31.2 Å². The third-order valence-electron chi connectivity index (χ3n) is 7.68. The number of carbonyl (C=O) groups is 2. The Hall–Kier alpha value is -3.44. The molecule has 1 aliphatic carbocycles. The average molecular weight is 532 g/mol. The third-order valence-corrected chi connectivity index (χ3v) is 7.68. The number of pyridine rings is 1. The van der Waals surface area contributed by atoms with Gasteiger partial charge in [0, 0.05) is 29.7 Å². The van der Waals surface area contributed by atoms with Gasteiger partial charge >= 0.3 is 0 Å². The fraction of sp³-hybridized carbons (Fsp3) is 0.548. The Morgan fingerprint density at radius 2 is 1.85 bits per heavy atom. The van der Waals surface area contributed by atoms with Gasteiger partial charge in [-0.1, -0.05) is 58.2 Å². The van der Waals surface area contributed by atoms with E-state index < -0.39 is 17.7 Å². The van der Waals surface area contributed by atoms with Crippen molar-refractivity contribution in [2.24, 2.45) is 0 Å². The van der Waals surface area contributed by atoms with E-state index in [1.807, 2.05) is 44.2 Å². The summed E-state index contributed by atoms with van der Waals surface area (Å²) in [5, 5.41) is 13.2. The minimum Gasteiger partial charge on any atom is -0.371 e. The van der Waals surface area contributed by atoms with Gasteiger partial charge in [0.15, 0.2) is 6.19 Å². The number of anilines is 1. The van der Waals surface area contributed by atoms with E-state index >= 15 is 0 Å². The lowest BCUT2D eigenvalue weighted by atomic mass is 9.87. The summed E-state index contributed by atoms with van der Waals surface area (Å²) in [5.74, 6) is -0.605. The predicted molar refractivity (Wildman–Crippen MR) is 151 cm³/mol. The molecular weight excluding hydrogens is 490 g/mol. The van der Waals surface area contributed by atoms with Gasteiger partial charge in [-0.25, -0.2) is 0 Å². The summed E-state index contributed by atoms with van der Waals surface area (Å²) in [6.45, 7) is 10.5. The van der Waals surface area contributed by atoms with E-state index in [9.17, 15) is 14.9 Å². The van der Waals surface area contributed by atoms with Gasteiger partial charge in [-0.3, -0.25) is 24.4 Å². The van der Waals surface area contributed by atoms with Crippen molar-refractivity contribution in [2.45, 2.75) is 95.9 Å². The van der Waals surface area contributed by atoms with Crippen LogP contribution in [0.1, 0.15) is 83.9 Å². The van der Waals surface area contributed by atoms with Crippen LogP contribution in [0.5, 0.6) is 0 Å². The predicted octanol–water partition coefficient (Wildman–Crippen LogP) is 4.86. The van der Waals surface area contributed by atoms with E-state index in [1.54, 1.807) is 18.5 Å². The number of hydrogen-bond acceptors (Lipinski definition) is 6. The quantitative estimate of drug-likeness (QED) is 0.535. The van der Waals surface area contributed by atoms with E-state index in [4.69, 9.17) is 4.74 Å². The molecule has 0 radical (unpaired) electrons. The lowest BCUT2D eigenvalue weighted by Crippen LogP contribution is -2.60. The second-order valence-corrected chi connectivity index (χ2v) is 12.4. The number of carbonyl (C=O) groups excluding carboxylic acids is 2. The fourth-order valence-corrected chi connectivity index (χ4v) is 5.44. The topological polar surface area (TPSA) is 98.6 Å². The first-order valence-electron chi connectivity index (χ1n) is 13.9. The first kappa shape index (κ1) is 28.6. The Morgan fingerprint density at radius 1 is 1.15 bits per heavy atom. The number of nitrogens with zero attached hydrogens (tertiary/aromatic N) is 4. The molecule has 1 aliphatic heterocycles. The second kappa shape index (κ2) is 11.7. The highest BCUT2D eigenvalue weighted by molar-refractivity contribution is 6.04. The fourth-order valence-electron chi connectivity index (χ4n) is 5.44. The molecule has 2 amide bonds. The Kier molecular flexibility index (Phi) is 8.60. The minimum atomic E-state index is -0.955. The van der Waals surface area contributed by atoms with E-state index in [2.05, 4.69) is 37.3 Å². The van der Waals surface area contributed by atoms with Crippen molar-refractivity contribution in [3.8, 4) is 6.19 Å². The Bertz CT molecular complexity index is 1180. The zero-order valence-electron chi connectivity index (χ0n) is 23.8. The van der Waals surface area contributed by atoms with Gasteiger partial charge in [0.1, 0.15) is 12.1 Å². The molecular formula is C31H41N5O3. The number of aromatic nitrogens is 1. The maximum Gasteiger partial charge on any atom is 0.253 e. The molecule has 2 aliphatic rings. The molecule has 2 heterocycles. The zero-order valence-corrected chi connectivity index (χ0v) is 23.8. The number of benzene rings is 1. The van der Waals surface area contributed by atoms with Crippen LogP contribution in [0.15, 0.2) is 48.8 Å². The summed E-state index contributed by atoms with van der Waals surface area (Å²) >= 11 is 0. The number of hydrogen-bond donors (Lipinski definition) is 1. The van der Waals surface area contributed by atoms with Crippen LogP contribution in [0.2, 0.25) is 0 Å². The van der Waals surface area contributed by atoms with Crippen LogP contribution >= 0.6 is 0 Å². The monoisotopic (exact) mass is 531 g/mol. The number of amides is 2. The summed E-state index contributed by atoms with van der Waals surface area (Å²) in [7, 11) is 0. The average Bonchev–Trinajstić information content (AvgIpc) is 2.91. The van der Waals surface area contributed by atoms with Crippen molar-refractivity contribution in [3.05, 3.63) is 59.9 Å². The first-order chi connectivity index (χ1) is 18.5. The van der Waals surface area contributed by atoms with Crippen LogP contribution in [0.4, 0.5) is 5.69 Å². The molecule has 1 N–H and O–H groups in total. The molecule has 2 fully saturated rings. The molecule has 8 nitrogen and oxygen atoms in total. The lowest BCUT2D eigenvalue weighted by Gasteiger charge is -2.43. The summed E-state index contributed by atoms with van der Waals surface area (Å²) in [6.07, 6.45) is 10.7. The Balaban J connectivity index is 1.78. The molecule has 0 spiro atoms. The van der Waals surface area contributed by atoms with Crippen molar-refractivity contribution < 1.29 is 14.3 Å². The second-order valence-electron chi connectivity index (χ2n) is 12.4. The highest BCUT2D eigenvalue weighted by atomic mass is 16.5. The summed E-state index contributed by atoms with van der Waals surface area (Å²) < 4.78 is 6.00. The number of nitrogens with one attached hydrogen (secondary N) is 1. The molecule has 1 aromatic carbocycles. The van der Waals surface area contributed by atoms with Crippen LogP contribution in [0, 0.1) is 11.5 Å². The van der Waals surface area contributed by atoms with Crippen LogP contribution in [0.3, 0.4) is 0 Å². The van der Waals surface area contributed by atoms with Crippen molar-refractivity contribution in [1.29, 1.82) is 5.26 Å². The van der Waals surface area contributed by atoms with E-state index in [-0.39, 0.29) is 36.4 Å². The molecule has 4 rings (SSSR count). The Morgan fingerprint density at radius 3 is 2.44 bits per heavy atom. The highest BCUT2D eigenvalue weighted by Gasteiger charge is 2.43. The summed E-state index contributed by atoms with van der Waals surface area (Å²) in [6, 6.07) is 9.63.